The molecule has 4 atom stereocenters. The fourth-order valence-corrected chi connectivity index (χ4v) is 6.75. The van der Waals surface area contributed by atoms with Crippen molar-refractivity contribution in [3.8, 4) is 23.0 Å². The van der Waals surface area contributed by atoms with Gasteiger partial charge in [0.15, 0.2) is 17.3 Å². The van der Waals surface area contributed by atoms with Crippen LogP contribution in [0.4, 0.5) is 0 Å². The number of ketones is 1. The number of phenolic OH excluding ortho intramolecular Hbond substituents is 1. The molecule has 3 aliphatic rings. The van der Waals surface area contributed by atoms with Crippen LogP contribution in [-0.4, -0.2) is 32.2 Å². The van der Waals surface area contributed by atoms with Gasteiger partial charge in [-0.1, -0.05) is 13.0 Å². The van der Waals surface area contributed by atoms with Crippen LogP contribution < -0.4 is 14.2 Å². The third-order valence-electron chi connectivity index (χ3n) is 8.38. The maximum Gasteiger partial charge on any atom is 0.203 e. The molecule has 0 heterocycles. The molecule has 2 fully saturated rings. The average molecular weight is 449 g/mol. The normalized spacial score (nSPS) is 29.3. The third kappa shape index (κ3) is 3.40. The fourth-order valence-electron chi connectivity index (χ4n) is 6.75. The van der Waals surface area contributed by atoms with Crippen molar-refractivity contribution < 1.29 is 24.1 Å². The number of carbonyl (C=O) groups excluding carboxylic acids is 1. The van der Waals surface area contributed by atoms with Crippen molar-refractivity contribution in [1.29, 1.82) is 0 Å². The highest BCUT2D eigenvalue weighted by molar-refractivity contribution is 6.06. The molecule has 0 spiro atoms. The Labute approximate surface area is 195 Å². The van der Waals surface area contributed by atoms with Crippen molar-refractivity contribution in [3.63, 3.8) is 0 Å². The Morgan fingerprint density at radius 1 is 1.03 bits per heavy atom. The number of aryl methyl sites for hydroxylation is 1. The molecule has 3 unspecified atom stereocenters. The summed E-state index contributed by atoms with van der Waals surface area (Å²) < 4.78 is 16.4. The standard InChI is InChI=1S/C28H32O5/c1-28-10-9-21-20-8-6-19(29)14-17(20)5-7-22(21)23(28)15-18(27(28)30)11-16-12-24(31-2)26(33-4)25(13-16)32-3/h6,8,11-14,21-23,29H,5,7,9-10,15H2,1-4H3/t21?,22?,23?,28-/m0/s1. The van der Waals surface area contributed by atoms with Gasteiger partial charge in [0.2, 0.25) is 5.75 Å². The number of Topliss-reactive ketones (excluding diaryl/α,β-unsaturated/α-hetero) is 1. The zero-order valence-electron chi connectivity index (χ0n) is 19.8. The van der Waals surface area contributed by atoms with Gasteiger partial charge in [0.05, 0.1) is 21.3 Å². The Morgan fingerprint density at radius 3 is 2.42 bits per heavy atom. The Morgan fingerprint density at radius 2 is 1.76 bits per heavy atom. The number of benzene rings is 2. The molecule has 0 saturated heterocycles. The van der Waals surface area contributed by atoms with Gasteiger partial charge >= 0.3 is 0 Å². The number of phenols is 1. The van der Waals surface area contributed by atoms with Crippen LogP contribution >= 0.6 is 0 Å². The number of ether oxygens (including phenoxy) is 3. The van der Waals surface area contributed by atoms with E-state index in [1.165, 1.54) is 11.1 Å². The summed E-state index contributed by atoms with van der Waals surface area (Å²) in [6.07, 6.45) is 6.80. The van der Waals surface area contributed by atoms with Crippen molar-refractivity contribution in [2.24, 2.45) is 17.3 Å². The van der Waals surface area contributed by atoms with Gasteiger partial charge in [0.25, 0.3) is 0 Å². The van der Waals surface area contributed by atoms with Crippen molar-refractivity contribution >= 4 is 11.9 Å². The molecule has 0 bridgehead atoms. The van der Waals surface area contributed by atoms with E-state index in [1.807, 2.05) is 30.3 Å². The first kappa shape index (κ1) is 21.9. The number of hydrogen-bond acceptors (Lipinski definition) is 5. The third-order valence-corrected chi connectivity index (χ3v) is 8.38. The van der Waals surface area contributed by atoms with E-state index in [1.54, 1.807) is 21.3 Å². The molecular formula is C28H32O5. The molecule has 3 aliphatic carbocycles. The molecule has 0 amide bonds. The second kappa shape index (κ2) is 8.12. The summed E-state index contributed by atoms with van der Waals surface area (Å²) in [5.41, 5.74) is 4.13. The van der Waals surface area contributed by atoms with E-state index in [4.69, 9.17) is 14.2 Å². The maximum atomic E-state index is 13.7. The highest BCUT2D eigenvalue weighted by Gasteiger charge is 2.56. The van der Waals surface area contributed by atoms with Crippen molar-refractivity contribution in [2.75, 3.05) is 21.3 Å². The zero-order chi connectivity index (χ0) is 23.3. The van der Waals surface area contributed by atoms with Gasteiger partial charge in [-0.3, -0.25) is 4.79 Å². The summed E-state index contributed by atoms with van der Waals surface area (Å²) in [7, 11) is 4.79. The van der Waals surface area contributed by atoms with Crippen molar-refractivity contribution in [2.45, 2.75) is 44.9 Å². The molecule has 5 rings (SSSR count). The van der Waals surface area contributed by atoms with Crippen LogP contribution in [0.2, 0.25) is 0 Å². The van der Waals surface area contributed by atoms with Gasteiger partial charge in [-0.05, 0) is 102 Å². The summed E-state index contributed by atoms with van der Waals surface area (Å²) in [6.45, 7) is 2.18. The second-order valence-electron chi connectivity index (χ2n) is 9.92. The van der Waals surface area contributed by atoms with Crippen LogP contribution in [0.1, 0.15) is 55.2 Å². The van der Waals surface area contributed by atoms with E-state index in [2.05, 4.69) is 13.0 Å². The predicted molar refractivity (Wildman–Crippen MR) is 127 cm³/mol. The van der Waals surface area contributed by atoms with Crippen LogP contribution in [0.3, 0.4) is 0 Å². The minimum Gasteiger partial charge on any atom is -0.508 e. The van der Waals surface area contributed by atoms with Crippen LogP contribution in [0.5, 0.6) is 23.0 Å². The molecule has 5 nitrogen and oxygen atoms in total. The predicted octanol–water partition coefficient (Wildman–Crippen LogP) is 5.54. The Kier molecular flexibility index (Phi) is 5.38. The molecule has 0 aromatic heterocycles. The van der Waals surface area contributed by atoms with Crippen LogP contribution in [-0.2, 0) is 11.2 Å². The quantitative estimate of drug-likeness (QED) is 0.623. The summed E-state index contributed by atoms with van der Waals surface area (Å²) in [6, 6.07) is 9.64. The van der Waals surface area contributed by atoms with Gasteiger partial charge in [0, 0.05) is 5.41 Å². The summed E-state index contributed by atoms with van der Waals surface area (Å²) in [5.74, 6) is 3.68. The lowest BCUT2D eigenvalue weighted by Crippen LogP contribution is -2.42. The number of hydrogen-bond donors (Lipinski definition) is 1. The van der Waals surface area contributed by atoms with Crippen molar-refractivity contribution in [1.82, 2.24) is 0 Å². The van der Waals surface area contributed by atoms with Crippen molar-refractivity contribution in [3.05, 3.63) is 52.6 Å². The van der Waals surface area contributed by atoms with Gasteiger partial charge < -0.3 is 19.3 Å². The molecule has 1 N–H and O–H groups in total. The number of methoxy groups -OCH3 is 3. The van der Waals surface area contributed by atoms with E-state index < -0.39 is 0 Å². The van der Waals surface area contributed by atoms with E-state index in [9.17, 15) is 9.90 Å². The molecule has 5 heteroatoms. The summed E-state index contributed by atoms with van der Waals surface area (Å²) in [4.78, 5) is 13.7. The van der Waals surface area contributed by atoms with Gasteiger partial charge in [-0.25, -0.2) is 0 Å². The first-order valence-corrected chi connectivity index (χ1v) is 11.8. The SMILES string of the molecule is COc1cc(C=C2CC3C4CCc5cc(O)ccc5C4CC[C@]3(C)C2=O)cc(OC)c1OC. The van der Waals surface area contributed by atoms with Crippen LogP contribution in [0, 0.1) is 17.3 Å². The lowest BCUT2D eigenvalue weighted by molar-refractivity contribution is -0.127. The molecule has 2 saturated carbocycles. The number of carbonyl (C=O) groups is 1. The molecule has 174 valence electrons. The first-order valence-electron chi connectivity index (χ1n) is 11.8. The average Bonchev–Trinajstić information content (AvgIpc) is 3.08. The maximum absolute atomic E-state index is 13.7. The lowest BCUT2D eigenvalue weighted by atomic mass is 9.55. The minimum absolute atomic E-state index is 0.288. The summed E-state index contributed by atoms with van der Waals surface area (Å²) >= 11 is 0. The topological polar surface area (TPSA) is 65.0 Å². The van der Waals surface area contributed by atoms with Gasteiger partial charge in [-0.15, -0.1) is 0 Å². The molecule has 2 aromatic rings. The van der Waals surface area contributed by atoms with Gasteiger partial charge in [0.1, 0.15) is 5.75 Å². The second-order valence-corrected chi connectivity index (χ2v) is 9.92. The first-order chi connectivity index (χ1) is 15.9. The number of fused-ring (bicyclic) bond motifs is 5. The highest BCUT2D eigenvalue weighted by Crippen LogP contribution is 2.61. The molecular weight excluding hydrogens is 416 g/mol. The van der Waals surface area contributed by atoms with E-state index >= 15 is 0 Å². The lowest BCUT2D eigenvalue weighted by Gasteiger charge is -2.48. The monoisotopic (exact) mass is 448 g/mol. The largest absolute Gasteiger partial charge is 0.508 e. The van der Waals surface area contributed by atoms with Crippen LogP contribution in [0.15, 0.2) is 35.9 Å². The Balaban J connectivity index is 1.49. The van der Waals surface area contributed by atoms with Crippen LogP contribution in [0.25, 0.3) is 6.08 Å². The Hall–Kier alpha value is -2.95. The molecule has 0 radical (unpaired) electrons. The number of rotatable bonds is 4. The number of allylic oxidation sites excluding steroid dienone is 1. The van der Waals surface area contributed by atoms with Gasteiger partial charge in [-0.2, -0.15) is 0 Å². The fraction of sp³-hybridized carbons (Fsp3) is 0.464. The number of aromatic hydroxyl groups is 1. The molecule has 33 heavy (non-hydrogen) atoms. The molecule has 2 aromatic carbocycles. The Bertz CT molecular complexity index is 1110. The van der Waals surface area contributed by atoms with E-state index in [0.717, 1.165) is 43.2 Å². The zero-order valence-corrected chi connectivity index (χ0v) is 19.8. The van der Waals surface area contributed by atoms with E-state index in [-0.39, 0.29) is 11.2 Å². The van der Waals surface area contributed by atoms with E-state index in [0.29, 0.717) is 40.8 Å². The smallest absolute Gasteiger partial charge is 0.203 e. The minimum atomic E-state index is -0.304. The highest BCUT2D eigenvalue weighted by atomic mass is 16.5. The molecule has 0 aliphatic heterocycles. The summed E-state index contributed by atoms with van der Waals surface area (Å²) in [5, 5.41) is 9.91.